The highest BCUT2D eigenvalue weighted by atomic mass is 32.2. The molecule has 1 aromatic carbocycles. The number of hydrogen-bond donors (Lipinski definition) is 1. The van der Waals surface area contributed by atoms with Gasteiger partial charge in [0.1, 0.15) is 11.4 Å². The van der Waals surface area contributed by atoms with Crippen LogP contribution in [-0.2, 0) is 15.0 Å². The molecule has 0 radical (unpaired) electrons. The molecule has 1 aromatic rings. The van der Waals surface area contributed by atoms with E-state index in [0.29, 0.717) is 17.9 Å². The van der Waals surface area contributed by atoms with Gasteiger partial charge in [0, 0.05) is 19.2 Å². The second-order valence-corrected chi connectivity index (χ2v) is 7.91. The Morgan fingerprint density at radius 1 is 1.25 bits per heavy atom. The van der Waals surface area contributed by atoms with Gasteiger partial charge < -0.3 is 15.0 Å². The van der Waals surface area contributed by atoms with Crippen molar-refractivity contribution in [3.8, 4) is 5.75 Å². The summed E-state index contributed by atoms with van der Waals surface area (Å²) in [6.07, 6.45) is 2.25. The molecule has 2 rings (SSSR count). The van der Waals surface area contributed by atoms with Crippen molar-refractivity contribution in [2.45, 2.75) is 20.3 Å². The summed E-state index contributed by atoms with van der Waals surface area (Å²) in [5.41, 5.74) is 0.705. The summed E-state index contributed by atoms with van der Waals surface area (Å²) in [6.45, 7) is 7.42. The molecule has 1 aliphatic heterocycles. The Hall–Kier alpha value is -2.39. The number of rotatable bonds is 9. The topological polar surface area (TPSA) is 91.3 Å². The normalized spacial score (nSPS) is 15.8. The summed E-state index contributed by atoms with van der Waals surface area (Å²) in [4.78, 5) is 14.9. The maximum atomic E-state index is 12.6. The van der Waals surface area contributed by atoms with Crippen molar-refractivity contribution in [1.29, 1.82) is 0 Å². The lowest BCUT2D eigenvalue weighted by atomic mass is 10.1. The molecule has 8 nitrogen and oxygen atoms in total. The number of carbonyl (C=O) groups is 1. The number of nitrogens with one attached hydrogen (secondary N) is 1. The molecule has 0 fully saturated rings. The molecular formula is C19H28N4O4S. The molecule has 1 N–H and O–H groups in total. The van der Waals surface area contributed by atoms with E-state index in [1.54, 1.807) is 24.3 Å². The number of allylic oxidation sites excluding steroid dienone is 1. The van der Waals surface area contributed by atoms with E-state index in [-0.39, 0.29) is 11.4 Å². The molecule has 0 aromatic heterocycles. The van der Waals surface area contributed by atoms with Crippen LogP contribution in [0.1, 0.15) is 25.8 Å². The molecule has 0 unspecified atom stereocenters. The first-order valence-electron chi connectivity index (χ1n) is 9.28. The van der Waals surface area contributed by atoms with Crippen LogP contribution in [0.5, 0.6) is 5.75 Å². The zero-order valence-corrected chi connectivity index (χ0v) is 17.6. The molecule has 1 amide bonds. The van der Waals surface area contributed by atoms with Crippen LogP contribution in [0, 0.1) is 0 Å². The SMILES string of the molecule is CCN(CC)CCCNC(=O)C1=CC(c2ccccc2OC)=NS(=O)(=O)N1C. The fraction of sp³-hybridized carbons (Fsp3) is 0.474. The monoisotopic (exact) mass is 408 g/mol. The van der Waals surface area contributed by atoms with Crippen LogP contribution in [0.15, 0.2) is 40.4 Å². The quantitative estimate of drug-likeness (QED) is 0.624. The van der Waals surface area contributed by atoms with E-state index in [2.05, 4.69) is 28.5 Å². The predicted molar refractivity (Wildman–Crippen MR) is 110 cm³/mol. The lowest BCUT2D eigenvalue weighted by Gasteiger charge is -2.24. The summed E-state index contributed by atoms with van der Waals surface area (Å²) >= 11 is 0. The summed E-state index contributed by atoms with van der Waals surface area (Å²) in [7, 11) is -1.19. The fourth-order valence-corrected chi connectivity index (χ4v) is 3.79. The first-order chi connectivity index (χ1) is 13.3. The van der Waals surface area contributed by atoms with E-state index >= 15 is 0 Å². The number of carbonyl (C=O) groups excluding carboxylic acids is 1. The van der Waals surface area contributed by atoms with E-state index < -0.39 is 16.1 Å². The number of nitrogens with zero attached hydrogens (tertiary/aromatic N) is 3. The number of hydrogen-bond acceptors (Lipinski definition) is 5. The van der Waals surface area contributed by atoms with Crippen molar-refractivity contribution in [3.63, 3.8) is 0 Å². The third kappa shape index (κ3) is 5.11. The van der Waals surface area contributed by atoms with Crippen molar-refractivity contribution in [1.82, 2.24) is 14.5 Å². The van der Waals surface area contributed by atoms with E-state index in [1.807, 2.05) is 0 Å². The van der Waals surface area contributed by atoms with Crippen LogP contribution < -0.4 is 10.1 Å². The Balaban J connectivity index is 2.19. The molecule has 0 spiro atoms. The van der Waals surface area contributed by atoms with Gasteiger partial charge in [0.25, 0.3) is 5.91 Å². The third-order valence-corrected chi connectivity index (χ3v) is 5.94. The first kappa shape index (κ1) is 21.9. The third-order valence-electron chi connectivity index (χ3n) is 4.62. The second kappa shape index (κ2) is 9.70. The Kier molecular flexibility index (Phi) is 7.59. The van der Waals surface area contributed by atoms with Crippen LogP contribution in [0.4, 0.5) is 0 Å². The average molecular weight is 409 g/mol. The minimum Gasteiger partial charge on any atom is -0.496 e. The lowest BCUT2D eigenvalue weighted by molar-refractivity contribution is -0.118. The largest absolute Gasteiger partial charge is 0.496 e. The van der Waals surface area contributed by atoms with Gasteiger partial charge in [0.2, 0.25) is 0 Å². The van der Waals surface area contributed by atoms with Crippen molar-refractivity contribution in [3.05, 3.63) is 41.6 Å². The highest BCUT2D eigenvalue weighted by Crippen LogP contribution is 2.24. The van der Waals surface area contributed by atoms with E-state index in [0.717, 1.165) is 30.4 Å². The van der Waals surface area contributed by atoms with E-state index in [1.165, 1.54) is 20.2 Å². The maximum Gasteiger partial charge on any atom is 0.345 e. The van der Waals surface area contributed by atoms with Gasteiger partial charge in [-0.25, -0.2) is 4.31 Å². The second-order valence-electron chi connectivity index (χ2n) is 6.29. The Labute approximate surface area is 167 Å². The standard InChI is InChI=1S/C19H28N4O4S/c1-5-23(6-2)13-9-12-20-19(24)17-14-16(21-28(25,26)22(17)3)15-10-7-8-11-18(15)27-4/h7-8,10-11,14H,5-6,9,12-13H2,1-4H3,(H,20,24). The minimum absolute atomic E-state index is 0.0266. The highest BCUT2D eigenvalue weighted by molar-refractivity contribution is 7.88. The molecule has 1 heterocycles. The first-order valence-corrected chi connectivity index (χ1v) is 10.7. The van der Waals surface area contributed by atoms with Crippen LogP contribution >= 0.6 is 0 Å². The maximum absolute atomic E-state index is 12.6. The van der Waals surface area contributed by atoms with Gasteiger partial charge >= 0.3 is 10.2 Å². The van der Waals surface area contributed by atoms with Crippen LogP contribution in [-0.4, -0.2) is 69.6 Å². The van der Waals surface area contributed by atoms with Gasteiger partial charge in [-0.3, -0.25) is 4.79 Å². The minimum atomic E-state index is -4.00. The molecule has 0 saturated heterocycles. The fourth-order valence-electron chi connectivity index (χ4n) is 2.88. The van der Waals surface area contributed by atoms with Crippen LogP contribution in [0.2, 0.25) is 0 Å². The molecule has 0 saturated carbocycles. The zero-order valence-electron chi connectivity index (χ0n) is 16.8. The molecule has 28 heavy (non-hydrogen) atoms. The predicted octanol–water partition coefficient (Wildman–Crippen LogP) is 1.41. The van der Waals surface area contributed by atoms with Crippen molar-refractivity contribution >= 4 is 21.8 Å². The van der Waals surface area contributed by atoms with Gasteiger partial charge in [-0.1, -0.05) is 26.0 Å². The molecule has 1 aliphatic rings. The van der Waals surface area contributed by atoms with Gasteiger partial charge in [-0.2, -0.15) is 8.42 Å². The average Bonchev–Trinajstić information content (AvgIpc) is 2.69. The van der Waals surface area contributed by atoms with Crippen molar-refractivity contribution in [2.24, 2.45) is 4.40 Å². The molecule has 9 heteroatoms. The van der Waals surface area contributed by atoms with Crippen LogP contribution in [0.3, 0.4) is 0 Å². The Morgan fingerprint density at radius 3 is 2.57 bits per heavy atom. The molecule has 0 aliphatic carbocycles. The number of amides is 1. The molecule has 0 bridgehead atoms. The van der Waals surface area contributed by atoms with E-state index in [4.69, 9.17) is 4.74 Å². The molecule has 154 valence electrons. The Morgan fingerprint density at radius 2 is 1.93 bits per heavy atom. The van der Waals surface area contributed by atoms with Crippen LogP contribution in [0.25, 0.3) is 0 Å². The summed E-state index contributed by atoms with van der Waals surface area (Å²) < 4.78 is 34.9. The number of likely N-dealkylation sites (N-methyl/N-ethyl adjacent to an activating group) is 1. The molecular weight excluding hydrogens is 380 g/mol. The van der Waals surface area contributed by atoms with E-state index in [9.17, 15) is 13.2 Å². The number of benzene rings is 1. The Bertz CT molecular complexity index is 860. The van der Waals surface area contributed by atoms with Crippen molar-refractivity contribution < 1.29 is 17.9 Å². The highest BCUT2D eigenvalue weighted by Gasteiger charge is 2.30. The van der Waals surface area contributed by atoms with Gasteiger partial charge in [-0.15, -0.1) is 4.40 Å². The number of ether oxygens (including phenoxy) is 1. The van der Waals surface area contributed by atoms with Gasteiger partial charge in [0.05, 0.1) is 12.8 Å². The zero-order chi connectivity index (χ0) is 20.7. The summed E-state index contributed by atoms with van der Waals surface area (Å²) in [5.74, 6) is 0.0316. The van der Waals surface area contributed by atoms with Gasteiger partial charge in [0.15, 0.2) is 0 Å². The summed E-state index contributed by atoms with van der Waals surface area (Å²) in [6, 6.07) is 6.95. The van der Waals surface area contributed by atoms with Gasteiger partial charge in [-0.05, 0) is 44.3 Å². The number of para-hydroxylation sites is 1. The summed E-state index contributed by atoms with van der Waals surface area (Å²) in [5, 5.41) is 2.80. The smallest absolute Gasteiger partial charge is 0.345 e. The lowest BCUT2D eigenvalue weighted by Crippen LogP contribution is -2.39. The molecule has 0 atom stereocenters. The van der Waals surface area contributed by atoms with Crippen molar-refractivity contribution in [2.75, 3.05) is 40.3 Å². The number of methoxy groups -OCH3 is 1.